The maximum atomic E-state index is 3.22. The summed E-state index contributed by atoms with van der Waals surface area (Å²) in [6.07, 6.45) is 0. The second-order valence-electron chi connectivity index (χ2n) is 0. The molecule has 60 valence electrons. The molecule has 0 rings (SSSR count). The Labute approximate surface area is 131 Å². The zero-order chi connectivity index (χ0) is 6.00. The number of hydrogen-bond acceptors (Lipinski definition) is 6. The Morgan fingerprint density at radius 1 is 0.333 bits per heavy atom. The molecular formula is H6S6W3. The Bertz CT molecular complexity index is 8.26. The third kappa shape index (κ3) is 72.5. The summed E-state index contributed by atoms with van der Waals surface area (Å²) in [6.45, 7) is 0. The van der Waals surface area contributed by atoms with Gasteiger partial charge in [-0.15, -0.1) is 70.0 Å². The summed E-state index contributed by atoms with van der Waals surface area (Å²) in [6, 6.07) is 0. The topological polar surface area (TPSA) is 0 Å². The van der Waals surface area contributed by atoms with Crippen molar-refractivity contribution in [2.24, 2.45) is 0 Å². The van der Waals surface area contributed by atoms with E-state index in [1.807, 2.05) is 0 Å². The molecule has 0 aliphatic heterocycles. The average molecular weight is 750 g/mol. The van der Waals surface area contributed by atoms with Gasteiger partial charge in [-0.05, 0) is 0 Å². The van der Waals surface area contributed by atoms with Gasteiger partial charge in [-0.2, -0.15) is 0 Å². The molecule has 9 heteroatoms. The molecule has 0 heterocycles. The number of rotatable bonds is 0. The van der Waals surface area contributed by atoms with Gasteiger partial charge in [0.1, 0.15) is 0 Å². The van der Waals surface area contributed by atoms with Crippen molar-refractivity contribution in [2.45, 2.75) is 0 Å². The number of thiol groups is 6. The van der Waals surface area contributed by atoms with Crippen molar-refractivity contribution in [3.05, 3.63) is 0 Å². The van der Waals surface area contributed by atoms with Gasteiger partial charge in [-0.3, -0.25) is 0 Å². The van der Waals surface area contributed by atoms with E-state index < -0.39 is 0 Å². The summed E-state index contributed by atoms with van der Waals surface area (Å²) >= 11 is 19.3. The minimum atomic E-state index is 0. The second-order valence-corrected chi connectivity index (χ2v) is 0. The summed E-state index contributed by atoms with van der Waals surface area (Å²) in [4.78, 5) is 0. The van der Waals surface area contributed by atoms with Gasteiger partial charge in [-0.25, -0.2) is 0 Å². The van der Waals surface area contributed by atoms with Gasteiger partial charge in [0.05, 0.1) is 0 Å². The smallest absolute Gasteiger partial charge is 0 e. The van der Waals surface area contributed by atoms with Crippen molar-refractivity contribution >= 4 is 70.0 Å². The van der Waals surface area contributed by atoms with E-state index >= 15 is 0 Å². The van der Waals surface area contributed by atoms with Crippen molar-refractivity contribution in [2.75, 3.05) is 0 Å². The Morgan fingerprint density at radius 3 is 0.333 bits per heavy atom. The van der Waals surface area contributed by atoms with Crippen LogP contribution in [-0.2, 0) is 63.2 Å². The molecule has 0 aliphatic carbocycles. The van der Waals surface area contributed by atoms with Crippen molar-refractivity contribution in [1.82, 2.24) is 0 Å². The molecule has 0 saturated carbocycles. The molecule has 0 atom stereocenters. The van der Waals surface area contributed by atoms with Gasteiger partial charge >= 0.3 is 0 Å². The van der Waals surface area contributed by atoms with Crippen LogP contribution in [0.25, 0.3) is 0 Å². The molecule has 0 spiro atoms. The van der Waals surface area contributed by atoms with Crippen molar-refractivity contribution in [1.29, 1.82) is 0 Å². The molecule has 0 amide bonds. The quantitative estimate of drug-likeness (QED) is 0.159. The Kier molecular flexibility index (Phi) is 369. The monoisotopic (exact) mass is 750 g/mol. The molecule has 0 aliphatic rings. The van der Waals surface area contributed by atoms with E-state index in [4.69, 9.17) is 0 Å². The zero-order valence-corrected chi connectivity index (χ0v) is 18.1. The minimum absolute atomic E-state index is 0. The van der Waals surface area contributed by atoms with E-state index in [1.54, 1.807) is 0 Å². The van der Waals surface area contributed by atoms with Crippen LogP contribution in [-0.4, -0.2) is 0 Å². The Hall–Kier alpha value is 4.16. The maximum absolute atomic E-state index is 3.22. The summed E-state index contributed by atoms with van der Waals surface area (Å²) < 4.78 is 0. The van der Waals surface area contributed by atoms with Crippen LogP contribution in [0.3, 0.4) is 0 Å². The maximum Gasteiger partial charge on any atom is 0 e. The first kappa shape index (κ1) is 38.0. The average Bonchev–Trinajstić information content (AvgIpc) is 1.81. The second kappa shape index (κ2) is 87.4. The van der Waals surface area contributed by atoms with Crippen LogP contribution in [0, 0.1) is 0 Å². The first-order chi connectivity index (χ1) is 3.00. The van der Waals surface area contributed by atoms with E-state index in [2.05, 4.69) is 70.0 Å². The molecular weight excluding hydrogens is 744 g/mol. The van der Waals surface area contributed by atoms with Crippen molar-refractivity contribution < 1.29 is 63.2 Å². The predicted molar refractivity (Wildman–Crippen MR) is 53.9 cm³/mol. The third-order valence-electron chi connectivity index (χ3n) is 0. The van der Waals surface area contributed by atoms with Gasteiger partial charge in [0.2, 0.25) is 0 Å². The van der Waals surface area contributed by atoms with Crippen molar-refractivity contribution in [3.63, 3.8) is 0 Å². The van der Waals surface area contributed by atoms with E-state index in [-0.39, 0.29) is 63.2 Å². The van der Waals surface area contributed by atoms with Gasteiger partial charge in [0.15, 0.2) is 0 Å². The van der Waals surface area contributed by atoms with E-state index in [1.165, 1.54) is 0 Å². The summed E-state index contributed by atoms with van der Waals surface area (Å²) in [5.74, 6) is 0. The fourth-order valence-electron chi connectivity index (χ4n) is 0. The van der Waals surface area contributed by atoms with Crippen molar-refractivity contribution in [3.8, 4) is 0 Å². The van der Waals surface area contributed by atoms with Crippen LogP contribution in [0.4, 0.5) is 0 Å². The first-order valence-corrected chi connectivity index (χ1v) is 5.40. The molecule has 9 heavy (non-hydrogen) atoms. The predicted octanol–water partition coefficient (Wildman–Crippen LogP) is 2.28. The van der Waals surface area contributed by atoms with E-state index in [0.717, 1.165) is 0 Å². The van der Waals surface area contributed by atoms with Gasteiger partial charge < -0.3 is 0 Å². The fourth-order valence-corrected chi connectivity index (χ4v) is 0. The Balaban J connectivity index is -0.00000000321. The molecule has 0 saturated heterocycles. The molecule has 0 aromatic rings. The van der Waals surface area contributed by atoms with Crippen LogP contribution in [0.5, 0.6) is 0 Å². The minimum Gasteiger partial charge on any atom is -0.115 e. The van der Waals surface area contributed by atoms with Gasteiger partial charge in [-0.1, -0.05) is 0 Å². The van der Waals surface area contributed by atoms with Gasteiger partial charge in [0, 0.05) is 63.2 Å². The summed E-state index contributed by atoms with van der Waals surface area (Å²) in [7, 11) is 0. The SMILES string of the molecule is SS.SS.SS.[W].[W].[W]. The molecule has 0 fully saturated rings. The third-order valence-corrected chi connectivity index (χ3v) is 0. The molecule has 0 aromatic heterocycles. The van der Waals surface area contributed by atoms with E-state index in [0.29, 0.717) is 0 Å². The first-order valence-electron chi connectivity index (χ1n) is 0.600. The van der Waals surface area contributed by atoms with Crippen LogP contribution < -0.4 is 0 Å². The summed E-state index contributed by atoms with van der Waals surface area (Å²) in [5.41, 5.74) is 0. The van der Waals surface area contributed by atoms with E-state index in [9.17, 15) is 0 Å². The number of hydrogen-bond donors (Lipinski definition) is 6. The molecule has 0 unspecified atom stereocenters. The van der Waals surface area contributed by atoms with Crippen LogP contribution >= 0.6 is 70.0 Å². The molecule has 0 N–H and O–H groups in total. The normalized spacial score (nSPS) is 2.00. The summed E-state index contributed by atoms with van der Waals surface area (Å²) in [5, 5.41) is 0. The zero-order valence-electron chi connectivity index (χ0n) is 3.91. The fraction of sp³-hybridized carbons (Fsp3) is 0. The molecule has 0 nitrogen and oxygen atoms in total. The van der Waals surface area contributed by atoms with Crippen LogP contribution in [0.1, 0.15) is 0 Å². The standard InChI is InChI=1S/3H2S2.3W/c3*1-2;;;/h3*1-2H;;;. The van der Waals surface area contributed by atoms with Gasteiger partial charge in [0.25, 0.3) is 0 Å². The van der Waals surface area contributed by atoms with Crippen LogP contribution in [0.2, 0.25) is 0 Å². The van der Waals surface area contributed by atoms with Crippen LogP contribution in [0.15, 0.2) is 0 Å². The molecule has 0 bridgehead atoms. The Morgan fingerprint density at radius 2 is 0.333 bits per heavy atom. The molecule has 0 radical (unpaired) electrons. The molecule has 0 aromatic carbocycles. The largest absolute Gasteiger partial charge is 0.115 e.